The maximum Gasteiger partial charge on any atom is 0.251 e. The van der Waals surface area contributed by atoms with Gasteiger partial charge in [0.2, 0.25) is 0 Å². The van der Waals surface area contributed by atoms with E-state index in [9.17, 15) is 4.79 Å². The highest BCUT2D eigenvalue weighted by Crippen LogP contribution is 2.47. The molecule has 3 heterocycles. The van der Waals surface area contributed by atoms with Crippen LogP contribution in [0.25, 0.3) is 0 Å². The standard InChI is InChI=1S/C16H26N2O2/c17-8-14-1-2-15(20-14)16(19)18-9-12-4-10-3-11(5-12)7-13(18)6-10/h10-15H,1-9,17H2/t10?,11?,12?,13?,14-,15+/m1/s1. The number of fused-ring (bicyclic) bond motifs is 1. The minimum Gasteiger partial charge on any atom is -0.364 e. The predicted octanol–water partition coefficient (Wildman–Crippen LogP) is 1.53. The number of carbonyl (C=O) groups excluding carboxylic acids is 1. The smallest absolute Gasteiger partial charge is 0.251 e. The predicted molar refractivity (Wildman–Crippen MR) is 76.0 cm³/mol. The molecule has 2 saturated carbocycles. The first-order valence-electron chi connectivity index (χ1n) is 8.39. The zero-order chi connectivity index (χ0) is 13.7. The Bertz CT molecular complexity index is 386. The number of ether oxygens (including phenoxy) is 1. The molecular formula is C16H26N2O2. The van der Waals surface area contributed by atoms with Crippen LogP contribution in [-0.2, 0) is 9.53 Å². The molecule has 0 spiro atoms. The second-order valence-electron chi connectivity index (χ2n) is 7.48. The van der Waals surface area contributed by atoms with Crippen LogP contribution in [0.15, 0.2) is 0 Å². The fourth-order valence-corrected chi connectivity index (χ4v) is 5.30. The molecule has 4 bridgehead atoms. The van der Waals surface area contributed by atoms with Crippen molar-refractivity contribution in [2.24, 2.45) is 23.5 Å². The van der Waals surface area contributed by atoms with Gasteiger partial charge in [-0.05, 0) is 62.7 Å². The van der Waals surface area contributed by atoms with E-state index in [4.69, 9.17) is 10.5 Å². The average molecular weight is 278 g/mol. The van der Waals surface area contributed by atoms with Gasteiger partial charge in [0.1, 0.15) is 6.10 Å². The first kappa shape index (κ1) is 13.1. The molecule has 3 saturated heterocycles. The monoisotopic (exact) mass is 278 g/mol. The number of hydrogen-bond donors (Lipinski definition) is 1. The Balaban J connectivity index is 1.49. The van der Waals surface area contributed by atoms with Crippen molar-refractivity contribution in [3.63, 3.8) is 0 Å². The van der Waals surface area contributed by atoms with Crippen LogP contribution in [0.5, 0.6) is 0 Å². The van der Waals surface area contributed by atoms with Crippen LogP contribution < -0.4 is 5.73 Å². The molecule has 3 aliphatic heterocycles. The summed E-state index contributed by atoms with van der Waals surface area (Å²) in [5, 5.41) is 0. The van der Waals surface area contributed by atoms with Crippen molar-refractivity contribution in [2.75, 3.05) is 13.1 Å². The third-order valence-corrected chi connectivity index (χ3v) is 6.04. The minimum absolute atomic E-state index is 0.101. The molecule has 5 rings (SSSR count). The lowest BCUT2D eigenvalue weighted by Gasteiger charge is -2.39. The fraction of sp³-hybridized carbons (Fsp3) is 0.938. The molecule has 1 amide bonds. The van der Waals surface area contributed by atoms with Crippen molar-refractivity contribution in [3.05, 3.63) is 0 Å². The van der Waals surface area contributed by atoms with Crippen LogP contribution in [0.4, 0.5) is 0 Å². The zero-order valence-corrected chi connectivity index (χ0v) is 12.2. The summed E-state index contributed by atoms with van der Waals surface area (Å²) in [6.07, 6.45) is 8.31. The molecule has 4 nitrogen and oxygen atoms in total. The first-order chi connectivity index (χ1) is 9.72. The Kier molecular flexibility index (Phi) is 3.26. The number of amides is 1. The maximum absolute atomic E-state index is 12.8. The lowest BCUT2D eigenvalue weighted by molar-refractivity contribution is -0.145. The van der Waals surface area contributed by atoms with E-state index < -0.39 is 0 Å². The van der Waals surface area contributed by atoms with E-state index in [2.05, 4.69) is 4.90 Å². The van der Waals surface area contributed by atoms with E-state index in [0.717, 1.165) is 37.1 Å². The summed E-state index contributed by atoms with van der Waals surface area (Å²) in [5.41, 5.74) is 5.66. The SMILES string of the molecule is NC[C@H]1CC[C@@H](C(=O)N2CC3CC4CC(C3)CC2C4)O1. The van der Waals surface area contributed by atoms with Crippen molar-refractivity contribution in [1.29, 1.82) is 0 Å². The van der Waals surface area contributed by atoms with Crippen LogP contribution in [0, 0.1) is 17.8 Å². The van der Waals surface area contributed by atoms with Gasteiger partial charge in [-0.1, -0.05) is 0 Å². The summed E-state index contributed by atoms with van der Waals surface area (Å²) in [4.78, 5) is 15.0. The minimum atomic E-state index is -0.209. The number of rotatable bonds is 2. The highest BCUT2D eigenvalue weighted by molar-refractivity contribution is 5.81. The van der Waals surface area contributed by atoms with Gasteiger partial charge in [0.15, 0.2) is 0 Å². The number of hydrogen-bond acceptors (Lipinski definition) is 3. The van der Waals surface area contributed by atoms with Crippen molar-refractivity contribution in [1.82, 2.24) is 4.90 Å². The second-order valence-corrected chi connectivity index (χ2v) is 7.48. The van der Waals surface area contributed by atoms with Crippen molar-refractivity contribution >= 4 is 5.91 Å². The summed E-state index contributed by atoms with van der Waals surface area (Å²) in [7, 11) is 0. The molecule has 112 valence electrons. The van der Waals surface area contributed by atoms with E-state index in [1.807, 2.05) is 0 Å². The summed E-state index contributed by atoms with van der Waals surface area (Å²) in [5.74, 6) is 2.79. The second kappa shape index (κ2) is 4.99. The molecule has 4 atom stereocenters. The molecule has 4 heteroatoms. The maximum atomic E-state index is 12.8. The summed E-state index contributed by atoms with van der Waals surface area (Å²) in [6.45, 7) is 1.53. The van der Waals surface area contributed by atoms with Crippen LogP contribution >= 0.6 is 0 Å². The average Bonchev–Trinajstić information content (AvgIpc) is 2.83. The molecule has 2 unspecified atom stereocenters. The molecule has 5 aliphatic rings. The quantitative estimate of drug-likeness (QED) is 0.833. The molecule has 0 aromatic rings. The Labute approximate surface area is 121 Å². The highest BCUT2D eigenvalue weighted by Gasteiger charge is 2.46. The largest absolute Gasteiger partial charge is 0.364 e. The normalized spacial score (nSPS) is 46.8. The van der Waals surface area contributed by atoms with Crippen LogP contribution in [0.2, 0.25) is 0 Å². The van der Waals surface area contributed by atoms with Crippen molar-refractivity contribution < 1.29 is 9.53 Å². The van der Waals surface area contributed by atoms with Crippen LogP contribution in [0.3, 0.4) is 0 Å². The van der Waals surface area contributed by atoms with Gasteiger partial charge in [0.25, 0.3) is 5.91 Å². The molecule has 20 heavy (non-hydrogen) atoms. The first-order valence-corrected chi connectivity index (χ1v) is 8.39. The molecule has 5 fully saturated rings. The van der Waals surface area contributed by atoms with Crippen LogP contribution in [-0.4, -0.2) is 42.1 Å². The fourth-order valence-electron chi connectivity index (χ4n) is 5.30. The zero-order valence-electron chi connectivity index (χ0n) is 12.2. The van der Waals surface area contributed by atoms with E-state index in [-0.39, 0.29) is 18.1 Å². The number of nitrogens with zero attached hydrogens (tertiary/aromatic N) is 1. The van der Waals surface area contributed by atoms with E-state index in [0.29, 0.717) is 12.6 Å². The van der Waals surface area contributed by atoms with Gasteiger partial charge in [-0.15, -0.1) is 0 Å². The van der Waals surface area contributed by atoms with Gasteiger partial charge < -0.3 is 15.4 Å². The van der Waals surface area contributed by atoms with Gasteiger partial charge in [-0.3, -0.25) is 4.79 Å². The van der Waals surface area contributed by atoms with E-state index >= 15 is 0 Å². The Morgan fingerprint density at radius 1 is 1.05 bits per heavy atom. The number of carbonyl (C=O) groups is 1. The molecule has 0 aromatic heterocycles. The van der Waals surface area contributed by atoms with Gasteiger partial charge >= 0.3 is 0 Å². The topological polar surface area (TPSA) is 55.6 Å². The molecule has 0 aromatic carbocycles. The molecule has 0 radical (unpaired) electrons. The Hall–Kier alpha value is -0.610. The van der Waals surface area contributed by atoms with Gasteiger partial charge in [0.05, 0.1) is 6.10 Å². The molecule has 2 N–H and O–H groups in total. The number of nitrogens with two attached hydrogens (primary N) is 1. The summed E-state index contributed by atoms with van der Waals surface area (Å²) in [6, 6.07) is 0.499. The van der Waals surface area contributed by atoms with Gasteiger partial charge in [0, 0.05) is 19.1 Å². The summed E-state index contributed by atoms with van der Waals surface area (Å²) >= 11 is 0. The van der Waals surface area contributed by atoms with Crippen molar-refractivity contribution in [3.8, 4) is 0 Å². The van der Waals surface area contributed by atoms with Crippen molar-refractivity contribution in [2.45, 2.75) is 63.2 Å². The van der Waals surface area contributed by atoms with Gasteiger partial charge in [-0.2, -0.15) is 0 Å². The van der Waals surface area contributed by atoms with Crippen LogP contribution in [0.1, 0.15) is 44.9 Å². The summed E-state index contributed by atoms with van der Waals surface area (Å²) < 4.78 is 5.84. The molecular weight excluding hydrogens is 252 g/mol. The highest BCUT2D eigenvalue weighted by atomic mass is 16.5. The van der Waals surface area contributed by atoms with E-state index in [1.54, 1.807) is 0 Å². The lowest BCUT2D eigenvalue weighted by atomic mass is 9.68. The van der Waals surface area contributed by atoms with Gasteiger partial charge in [-0.25, -0.2) is 0 Å². The Morgan fingerprint density at radius 3 is 2.40 bits per heavy atom. The molecule has 2 aliphatic carbocycles. The Morgan fingerprint density at radius 2 is 1.75 bits per heavy atom. The third kappa shape index (κ3) is 2.17. The van der Waals surface area contributed by atoms with E-state index in [1.165, 1.54) is 32.1 Å². The lowest BCUT2D eigenvalue weighted by Crippen LogP contribution is -2.47. The third-order valence-electron chi connectivity index (χ3n) is 6.04.